The Morgan fingerprint density at radius 3 is 2.15 bits per heavy atom. The van der Waals surface area contributed by atoms with Gasteiger partial charge in [-0.3, -0.25) is 0 Å². The van der Waals surface area contributed by atoms with E-state index >= 15 is 0 Å². The van der Waals surface area contributed by atoms with E-state index in [1.807, 2.05) is 27.7 Å². The Labute approximate surface area is 119 Å². The fourth-order valence-corrected chi connectivity index (χ4v) is 2.13. The van der Waals surface area contributed by atoms with Gasteiger partial charge in [-0.2, -0.15) is 0 Å². The lowest BCUT2D eigenvalue weighted by atomic mass is 10.2. The van der Waals surface area contributed by atoms with Crippen molar-refractivity contribution in [3.63, 3.8) is 0 Å². The molecule has 0 aliphatic carbocycles. The highest BCUT2D eigenvalue weighted by Crippen LogP contribution is 2.18. The lowest BCUT2D eigenvalue weighted by Crippen LogP contribution is -2.44. The second kappa shape index (κ2) is 6.93. The molecular weight excluding hydrogens is 256 g/mol. The van der Waals surface area contributed by atoms with E-state index in [0.717, 1.165) is 0 Å². The van der Waals surface area contributed by atoms with Gasteiger partial charge in [0.15, 0.2) is 0 Å². The van der Waals surface area contributed by atoms with Crippen LogP contribution in [0.15, 0.2) is 24.3 Å². The number of urea groups is 1. The number of nitrogens with one attached hydrogen (secondary N) is 1. The third kappa shape index (κ3) is 3.73. The van der Waals surface area contributed by atoms with Gasteiger partial charge in [-0.1, -0.05) is 12.1 Å². The third-order valence-electron chi connectivity index (χ3n) is 2.92. The van der Waals surface area contributed by atoms with Gasteiger partial charge < -0.3 is 15.0 Å². The van der Waals surface area contributed by atoms with E-state index in [0.29, 0.717) is 11.3 Å². The van der Waals surface area contributed by atoms with Crippen molar-refractivity contribution >= 4 is 17.7 Å². The number of carbonyl (C=O) groups excluding carboxylic acids is 2. The number of carbonyl (C=O) groups is 2. The van der Waals surface area contributed by atoms with E-state index in [1.165, 1.54) is 7.11 Å². The van der Waals surface area contributed by atoms with Gasteiger partial charge in [0.25, 0.3) is 0 Å². The predicted octanol–water partition coefficient (Wildman–Crippen LogP) is 3.12. The van der Waals surface area contributed by atoms with Crippen LogP contribution in [0.25, 0.3) is 0 Å². The lowest BCUT2D eigenvalue weighted by molar-refractivity contribution is 0.0602. The Kier molecular flexibility index (Phi) is 5.55. The molecule has 110 valence electrons. The quantitative estimate of drug-likeness (QED) is 0.861. The molecular formula is C15H22N2O3. The first-order chi connectivity index (χ1) is 9.38. The van der Waals surface area contributed by atoms with Crippen LogP contribution in [0.2, 0.25) is 0 Å². The molecule has 0 unspecified atom stereocenters. The van der Waals surface area contributed by atoms with Crippen LogP contribution in [0.3, 0.4) is 0 Å². The van der Waals surface area contributed by atoms with E-state index in [4.69, 9.17) is 4.74 Å². The lowest BCUT2D eigenvalue weighted by Gasteiger charge is -2.31. The van der Waals surface area contributed by atoms with Crippen molar-refractivity contribution in [2.24, 2.45) is 0 Å². The Morgan fingerprint density at radius 1 is 1.10 bits per heavy atom. The zero-order chi connectivity index (χ0) is 15.3. The first-order valence-corrected chi connectivity index (χ1v) is 6.65. The van der Waals surface area contributed by atoms with E-state index in [9.17, 15) is 9.59 Å². The molecule has 0 aliphatic heterocycles. The maximum atomic E-state index is 12.3. The average molecular weight is 278 g/mol. The summed E-state index contributed by atoms with van der Waals surface area (Å²) in [5.41, 5.74) is 0.798. The summed E-state index contributed by atoms with van der Waals surface area (Å²) in [4.78, 5) is 25.7. The molecule has 0 fully saturated rings. The molecule has 1 aromatic carbocycles. The predicted molar refractivity (Wildman–Crippen MR) is 78.9 cm³/mol. The summed E-state index contributed by atoms with van der Waals surface area (Å²) in [6.45, 7) is 7.80. The standard InChI is InChI=1S/C15H22N2O3/c1-10(2)17(11(3)4)15(19)16-13-9-7-6-8-12(13)14(18)20-5/h6-11H,1-5H3,(H,16,19). The Balaban J connectivity index is 2.98. The number of benzene rings is 1. The molecule has 0 aromatic heterocycles. The van der Waals surface area contributed by atoms with Crippen LogP contribution < -0.4 is 5.32 Å². The highest BCUT2D eigenvalue weighted by molar-refractivity contribution is 6.00. The SMILES string of the molecule is COC(=O)c1ccccc1NC(=O)N(C(C)C)C(C)C. The molecule has 0 atom stereocenters. The van der Waals surface area contributed by atoms with Crippen LogP contribution in [0.4, 0.5) is 10.5 Å². The van der Waals surface area contributed by atoms with Crippen LogP contribution >= 0.6 is 0 Å². The summed E-state index contributed by atoms with van der Waals surface area (Å²) >= 11 is 0. The van der Waals surface area contributed by atoms with Gasteiger partial charge >= 0.3 is 12.0 Å². The molecule has 0 heterocycles. The topological polar surface area (TPSA) is 58.6 Å². The molecule has 2 amide bonds. The van der Waals surface area contributed by atoms with E-state index in [-0.39, 0.29) is 18.1 Å². The minimum atomic E-state index is -0.471. The summed E-state index contributed by atoms with van der Waals surface area (Å²) in [6.07, 6.45) is 0. The van der Waals surface area contributed by atoms with Crippen molar-refractivity contribution in [2.75, 3.05) is 12.4 Å². The van der Waals surface area contributed by atoms with Crippen molar-refractivity contribution in [1.29, 1.82) is 0 Å². The number of hydrogen-bond donors (Lipinski definition) is 1. The van der Waals surface area contributed by atoms with Gasteiger partial charge in [0.05, 0.1) is 18.4 Å². The molecule has 1 N–H and O–H groups in total. The number of ether oxygens (including phenoxy) is 1. The zero-order valence-electron chi connectivity index (χ0n) is 12.6. The Hall–Kier alpha value is -2.04. The first-order valence-electron chi connectivity index (χ1n) is 6.65. The van der Waals surface area contributed by atoms with Gasteiger partial charge in [0, 0.05) is 12.1 Å². The summed E-state index contributed by atoms with van der Waals surface area (Å²) in [5.74, 6) is -0.471. The van der Waals surface area contributed by atoms with E-state index in [1.54, 1.807) is 29.2 Å². The molecule has 5 heteroatoms. The normalized spacial score (nSPS) is 10.6. The van der Waals surface area contributed by atoms with Gasteiger partial charge in [-0.05, 0) is 39.8 Å². The van der Waals surface area contributed by atoms with Crippen molar-refractivity contribution < 1.29 is 14.3 Å². The number of anilines is 1. The van der Waals surface area contributed by atoms with Crippen molar-refractivity contribution in [1.82, 2.24) is 4.90 Å². The number of methoxy groups -OCH3 is 1. The third-order valence-corrected chi connectivity index (χ3v) is 2.92. The van der Waals surface area contributed by atoms with Crippen LogP contribution in [0.5, 0.6) is 0 Å². The van der Waals surface area contributed by atoms with Gasteiger partial charge in [-0.15, -0.1) is 0 Å². The van der Waals surface area contributed by atoms with Gasteiger partial charge in [-0.25, -0.2) is 9.59 Å². The summed E-state index contributed by atoms with van der Waals surface area (Å²) in [7, 11) is 1.31. The largest absolute Gasteiger partial charge is 0.465 e. The van der Waals surface area contributed by atoms with Crippen LogP contribution in [0, 0.1) is 0 Å². The van der Waals surface area contributed by atoms with Gasteiger partial charge in [0.2, 0.25) is 0 Å². The second-order valence-electron chi connectivity index (χ2n) is 5.06. The monoisotopic (exact) mass is 278 g/mol. The molecule has 0 saturated carbocycles. The minimum Gasteiger partial charge on any atom is -0.465 e. The molecule has 5 nitrogen and oxygen atoms in total. The van der Waals surface area contributed by atoms with E-state index in [2.05, 4.69) is 5.32 Å². The summed E-state index contributed by atoms with van der Waals surface area (Å²) in [5, 5.41) is 2.77. The molecule has 0 radical (unpaired) electrons. The maximum absolute atomic E-state index is 12.3. The highest BCUT2D eigenvalue weighted by atomic mass is 16.5. The van der Waals surface area contributed by atoms with Crippen LogP contribution in [-0.2, 0) is 4.74 Å². The molecule has 20 heavy (non-hydrogen) atoms. The highest BCUT2D eigenvalue weighted by Gasteiger charge is 2.21. The molecule has 1 aromatic rings. The zero-order valence-corrected chi connectivity index (χ0v) is 12.6. The number of para-hydroxylation sites is 1. The van der Waals surface area contributed by atoms with Gasteiger partial charge in [0.1, 0.15) is 0 Å². The smallest absolute Gasteiger partial charge is 0.339 e. The van der Waals surface area contributed by atoms with Crippen molar-refractivity contribution in [2.45, 2.75) is 39.8 Å². The maximum Gasteiger partial charge on any atom is 0.339 e. The molecule has 0 bridgehead atoms. The Bertz CT molecular complexity index is 476. The second-order valence-corrected chi connectivity index (χ2v) is 5.06. The summed E-state index contributed by atoms with van der Waals surface area (Å²) < 4.78 is 4.71. The number of esters is 1. The van der Waals surface area contributed by atoms with Crippen molar-refractivity contribution in [3.05, 3.63) is 29.8 Å². The minimum absolute atomic E-state index is 0.0697. The Morgan fingerprint density at radius 2 is 1.65 bits per heavy atom. The van der Waals surface area contributed by atoms with Crippen LogP contribution in [-0.4, -0.2) is 36.1 Å². The summed E-state index contributed by atoms with van der Waals surface area (Å²) in [6, 6.07) is 6.70. The first kappa shape index (κ1) is 16.0. The molecule has 1 rings (SSSR count). The molecule has 0 spiro atoms. The fourth-order valence-electron chi connectivity index (χ4n) is 2.13. The number of hydrogen-bond acceptors (Lipinski definition) is 3. The van der Waals surface area contributed by atoms with E-state index < -0.39 is 5.97 Å². The van der Waals surface area contributed by atoms with Crippen molar-refractivity contribution in [3.8, 4) is 0 Å². The van der Waals surface area contributed by atoms with Crippen LogP contribution in [0.1, 0.15) is 38.1 Å². The average Bonchev–Trinajstić information content (AvgIpc) is 2.37. The molecule has 0 saturated heterocycles. The number of amides is 2. The fraction of sp³-hybridized carbons (Fsp3) is 0.467. The number of rotatable bonds is 4. The molecule has 0 aliphatic rings. The number of nitrogens with zero attached hydrogens (tertiary/aromatic N) is 1.